The number of nitrogen functional groups attached to an aromatic ring is 1. The van der Waals surface area contributed by atoms with Crippen molar-refractivity contribution in [1.29, 1.82) is 0 Å². The lowest BCUT2D eigenvalue weighted by Crippen LogP contribution is -2.03. The Kier molecular flexibility index (Phi) is 3.19. The first-order chi connectivity index (χ1) is 8.06. The molecule has 0 unspecified atom stereocenters. The van der Waals surface area contributed by atoms with Gasteiger partial charge in [0.1, 0.15) is 6.61 Å². The van der Waals surface area contributed by atoms with Gasteiger partial charge in [0.15, 0.2) is 11.6 Å². The monoisotopic (exact) mass is 254 g/mol. The highest BCUT2D eigenvalue weighted by atomic mass is 32.1. The molecule has 0 aliphatic heterocycles. The Morgan fingerprint density at radius 3 is 2.76 bits per heavy atom. The minimum Gasteiger partial charge on any atom is -0.458 e. The standard InChI is InChI=1S/C10H11FN4OS/c1-5-8(17-6(2)14-5)4-16-10-13-3-7(11)9(12)15-10/h3H,4H2,1-2H3,(H2,12,13,15). The van der Waals surface area contributed by atoms with Gasteiger partial charge >= 0.3 is 6.01 Å². The highest BCUT2D eigenvalue weighted by molar-refractivity contribution is 7.11. The third kappa shape index (κ3) is 2.68. The van der Waals surface area contributed by atoms with E-state index in [0.717, 1.165) is 21.8 Å². The van der Waals surface area contributed by atoms with Gasteiger partial charge in [0.05, 0.1) is 21.8 Å². The number of aromatic nitrogens is 3. The quantitative estimate of drug-likeness (QED) is 0.904. The second-order valence-electron chi connectivity index (χ2n) is 3.42. The SMILES string of the molecule is Cc1nc(C)c(COc2ncc(F)c(N)n2)s1. The van der Waals surface area contributed by atoms with Crippen LogP contribution in [0.1, 0.15) is 15.6 Å². The molecule has 5 nitrogen and oxygen atoms in total. The van der Waals surface area contributed by atoms with Crippen molar-refractivity contribution in [2.45, 2.75) is 20.5 Å². The molecule has 0 fully saturated rings. The first-order valence-corrected chi connectivity index (χ1v) is 5.71. The summed E-state index contributed by atoms with van der Waals surface area (Å²) in [6, 6.07) is 0.0642. The summed E-state index contributed by atoms with van der Waals surface area (Å²) in [5.74, 6) is -0.866. The predicted molar refractivity (Wildman–Crippen MR) is 62.3 cm³/mol. The van der Waals surface area contributed by atoms with Crippen LogP contribution < -0.4 is 10.5 Å². The summed E-state index contributed by atoms with van der Waals surface area (Å²) in [6.45, 7) is 4.14. The van der Waals surface area contributed by atoms with E-state index in [-0.39, 0.29) is 11.8 Å². The average Bonchev–Trinajstić information content (AvgIpc) is 2.59. The Morgan fingerprint density at radius 1 is 1.41 bits per heavy atom. The van der Waals surface area contributed by atoms with Gasteiger partial charge < -0.3 is 10.5 Å². The van der Waals surface area contributed by atoms with E-state index in [1.165, 1.54) is 0 Å². The van der Waals surface area contributed by atoms with Crippen molar-refractivity contribution >= 4 is 17.2 Å². The fraction of sp³-hybridized carbons (Fsp3) is 0.300. The summed E-state index contributed by atoms with van der Waals surface area (Å²) in [7, 11) is 0. The zero-order valence-corrected chi connectivity index (χ0v) is 10.2. The molecule has 2 N–H and O–H groups in total. The topological polar surface area (TPSA) is 73.9 Å². The minimum atomic E-state index is -0.651. The molecule has 7 heteroatoms. The van der Waals surface area contributed by atoms with Crippen LogP contribution >= 0.6 is 11.3 Å². The summed E-state index contributed by atoms with van der Waals surface area (Å²) in [5.41, 5.74) is 6.23. The Labute approximate surface area is 102 Å². The lowest BCUT2D eigenvalue weighted by atomic mass is 10.4. The molecule has 0 bridgehead atoms. The summed E-state index contributed by atoms with van der Waals surface area (Å²) < 4.78 is 18.1. The second kappa shape index (κ2) is 4.62. The van der Waals surface area contributed by atoms with Gasteiger partial charge in [-0.1, -0.05) is 0 Å². The molecule has 0 radical (unpaired) electrons. The Balaban J connectivity index is 2.07. The number of hydrogen-bond donors (Lipinski definition) is 1. The van der Waals surface area contributed by atoms with Crippen molar-refractivity contribution in [3.63, 3.8) is 0 Å². The largest absolute Gasteiger partial charge is 0.458 e. The highest BCUT2D eigenvalue weighted by Crippen LogP contribution is 2.19. The molecule has 90 valence electrons. The van der Waals surface area contributed by atoms with E-state index in [4.69, 9.17) is 10.5 Å². The molecule has 0 aliphatic carbocycles. The fourth-order valence-corrected chi connectivity index (χ4v) is 2.12. The van der Waals surface area contributed by atoms with Crippen LogP contribution in [-0.2, 0) is 6.61 Å². The number of halogens is 1. The number of thiazole rings is 1. The molecule has 0 saturated carbocycles. The number of nitrogens with two attached hydrogens (primary N) is 1. The first kappa shape index (κ1) is 11.7. The number of rotatable bonds is 3. The molecule has 0 aromatic carbocycles. The van der Waals surface area contributed by atoms with Gasteiger partial charge in [0, 0.05) is 0 Å². The van der Waals surface area contributed by atoms with Crippen LogP contribution in [0.2, 0.25) is 0 Å². The fourth-order valence-electron chi connectivity index (χ4n) is 1.27. The normalized spacial score (nSPS) is 10.5. The summed E-state index contributed by atoms with van der Waals surface area (Å²) in [5, 5.41) is 0.973. The van der Waals surface area contributed by atoms with Gasteiger partial charge in [0.2, 0.25) is 0 Å². The van der Waals surface area contributed by atoms with Crippen LogP contribution in [0.15, 0.2) is 6.20 Å². The number of anilines is 1. The molecule has 0 aliphatic rings. The van der Waals surface area contributed by atoms with E-state index in [1.54, 1.807) is 11.3 Å². The highest BCUT2D eigenvalue weighted by Gasteiger charge is 2.08. The summed E-state index contributed by atoms with van der Waals surface area (Å²) in [4.78, 5) is 12.6. The van der Waals surface area contributed by atoms with Crippen LogP contribution in [-0.4, -0.2) is 15.0 Å². The van der Waals surface area contributed by atoms with Gasteiger partial charge in [-0.2, -0.15) is 4.98 Å². The van der Waals surface area contributed by atoms with Crippen LogP contribution in [0.3, 0.4) is 0 Å². The van der Waals surface area contributed by atoms with Crippen molar-refractivity contribution < 1.29 is 9.13 Å². The van der Waals surface area contributed by atoms with Crippen molar-refractivity contribution in [3.05, 3.63) is 27.6 Å². The molecule has 2 heterocycles. The van der Waals surface area contributed by atoms with Gasteiger partial charge in [-0.05, 0) is 13.8 Å². The maximum Gasteiger partial charge on any atom is 0.318 e. The van der Waals surface area contributed by atoms with E-state index in [1.807, 2.05) is 13.8 Å². The Morgan fingerprint density at radius 2 is 2.18 bits per heavy atom. The molecular formula is C10H11FN4OS. The smallest absolute Gasteiger partial charge is 0.318 e. The molecule has 2 rings (SSSR count). The van der Waals surface area contributed by atoms with Crippen LogP contribution in [0, 0.1) is 19.7 Å². The number of hydrogen-bond acceptors (Lipinski definition) is 6. The lowest BCUT2D eigenvalue weighted by molar-refractivity contribution is 0.282. The van der Waals surface area contributed by atoms with Crippen LogP contribution in [0.4, 0.5) is 10.2 Å². The maximum atomic E-state index is 12.8. The van der Waals surface area contributed by atoms with E-state index in [0.29, 0.717) is 6.61 Å². The lowest BCUT2D eigenvalue weighted by Gasteiger charge is -2.03. The van der Waals surface area contributed by atoms with E-state index >= 15 is 0 Å². The molecule has 2 aromatic heterocycles. The number of ether oxygens (including phenoxy) is 1. The third-order valence-electron chi connectivity index (χ3n) is 2.08. The Hall–Kier alpha value is -1.76. The number of nitrogens with zero attached hydrogens (tertiary/aromatic N) is 3. The Bertz CT molecular complexity index is 543. The van der Waals surface area contributed by atoms with Gasteiger partial charge in [-0.15, -0.1) is 11.3 Å². The van der Waals surface area contributed by atoms with Crippen molar-refractivity contribution in [2.75, 3.05) is 5.73 Å². The van der Waals surface area contributed by atoms with E-state index in [2.05, 4.69) is 15.0 Å². The first-order valence-electron chi connectivity index (χ1n) is 4.90. The number of aryl methyl sites for hydroxylation is 2. The van der Waals surface area contributed by atoms with Crippen molar-refractivity contribution in [2.24, 2.45) is 0 Å². The summed E-state index contributed by atoms with van der Waals surface area (Å²) >= 11 is 1.54. The van der Waals surface area contributed by atoms with Crippen LogP contribution in [0.5, 0.6) is 6.01 Å². The van der Waals surface area contributed by atoms with Gasteiger partial charge in [0.25, 0.3) is 0 Å². The molecular weight excluding hydrogens is 243 g/mol. The molecule has 2 aromatic rings. The van der Waals surface area contributed by atoms with Crippen LogP contribution in [0.25, 0.3) is 0 Å². The molecule has 17 heavy (non-hydrogen) atoms. The third-order valence-corrected chi connectivity index (χ3v) is 3.13. The molecule has 0 spiro atoms. The zero-order chi connectivity index (χ0) is 12.4. The van der Waals surface area contributed by atoms with E-state index in [9.17, 15) is 4.39 Å². The van der Waals surface area contributed by atoms with E-state index < -0.39 is 5.82 Å². The molecule has 0 amide bonds. The predicted octanol–water partition coefficient (Wildman–Crippen LogP) is 1.85. The maximum absolute atomic E-state index is 12.8. The minimum absolute atomic E-state index is 0.0642. The summed E-state index contributed by atoms with van der Waals surface area (Å²) in [6.07, 6.45) is 0.989. The van der Waals surface area contributed by atoms with Gasteiger partial charge in [-0.25, -0.2) is 14.4 Å². The van der Waals surface area contributed by atoms with Crippen molar-refractivity contribution in [1.82, 2.24) is 15.0 Å². The zero-order valence-electron chi connectivity index (χ0n) is 9.40. The average molecular weight is 254 g/mol. The van der Waals surface area contributed by atoms with Crippen molar-refractivity contribution in [3.8, 4) is 6.01 Å². The molecule has 0 saturated heterocycles. The molecule has 0 atom stereocenters. The second-order valence-corrected chi connectivity index (χ2v) is 4.70. The van der Waals surface area contributed by atoms with Gasteiger partial charge in [-0.3, -0.25) is 0 Å².